The summed E-state index contributed by atoms with van der Waals surface area (Å²) in [6, 6.07) is 8.42. The molecule has 6 heteroatoms. The Morgan fingerprint density at radius 2 is 1.83 bits per heavy atom. The molecule has 1 aromatic carbocycles. The van der Waals surface area contributed by atoms with E-state index >= 15 is 0 Å². The minimum Gasteiger partial charge on any atom is -0.355 e. The summed E-state index contributed by atoms with van der Waals surface area (Å²) in [5.74, 6) is 1.30. The van der Waals surface area contributed by atoms with Gasteiger partial charge >= 0.3 is 0 Å². The van der Waals surface area contributed by atoms with Crippen molar-refractivity contribution in [3.63, 3.8) is 0 Å². The van der Waals surface area contributed by atoms with Crippen LogP contribution in [0.2, 0.25) is 0 Å². The zero-order valence-corrected chi connectivity index (χ0v) is 14.2. The minimum atomic E-state index is -0.170. The third kappa shape index (κ3) is 5.71. The van der Waals surface area contributed by atoms with E-state index in [1.54, 1.807) is 11.8 Å². The number of amides is 3. The van der Waals surface area contributed by atoms with Gasteiger partial charge in [-0.3, -0.25) is 19.3 Å². The number of likely N-dealkylation sites (tertiary alicyclic amines) is 1. The van der Waals surface area contributed by atoms with Gasteiger partial charge in [-0.15, -0.1) is 0 Å². The van der Waals surface area contributed by atoms with Crippen LogP contribution in [0.3, 0.4) is 0 Å². The summed E-state index contributed by atoms with van der Waals surface area (Å²) in [5, 5.41) is 2.82. The van der Waals surface area contributed by atoms with E-state index in [4.69, 9.17) is 0 Å². The number of imide groups is 1. The van der Waals surface area contributed by atoms with Gasteiger partial charge in [0.25, 0.3) is 0 Å². The van der Waals surface area contributed by atoms with Gasteiger partial charge in [0.15, 0.2) is 0 Å². The summed E-state index contributed by atoms with van der Waals surface area (Å²) in [4.78, 5) is 35.7. The molecule has 0 bridgehead atoms. The van der Waals surface area contributed by atoms with E-state index in [-0.39, 0.29) is 43.5 Å². The van der Waals surface area contributed by atoms with Crippen LogP contribution in [0.25, 0.3) is 0 Å². The topological polar surface area (TPSA) is 66.5 Å². The first-order valence-corrected chi connectivity index (χ1v) is 8.95. The highest BCUT2D eigenvalue weighted by Crippen LogP contribution is 2.13. The average Bonchev–Trinajstić information content (AvgIpc) is 2.85. The van der Waals surface area contributed by atoms with E-state index in [9.17, 15) is 14.4 Å². The normalized spacial score (nSPS) is 14.4. The molecule has 1 aliphatic heterocycles. The highest BCUT2D eigenvalue weighted by molar-refractivity contribution is 7.98. The number of rotatable bonds is 8. The van der Waals surface area contributed by atoms with Crippen molar-refractivity contribution in [2.75, 3.05) is 18.8 Å². The van der Waals surface area contributed by atoms with Gasteiger partial charge in [0, 0.05) is 43.9 Å². The molecule has 1 aliphatic rings. The lowest BCUT2D eigenvalue weighted by Crippen LogP contribution is -2.34. The van der Waals surface area contributed by atoms with Gasteiger partial charge in [-0.25, -0.2) is 0 Å². The van der Waals surface area contributed by atoms with Gasteiger partial charge < -0.3 is 5.32 Å². The van der Waals surface area contributed by atoms with Crippen molar-refractivity contribution in [3.8, 4) is 0 Å². The summed E-state index contributed by atoms with van der Waals surface area (Å²) in [6.07, 6.45) is 0.728. The molecule has 23 heavy (non-hydrogen) atoms. The maximum Gasteiger partial charge on any atom is 0.229 e. The molecule has 0 saturated carbocycles. The highest BCUT2D eigenvalue weighted by atomic mass is 32.2. The fourth-order valence-electron chi connectivity index (χ4n) is 2.31. The van der Waals surface area contributed by atoms with Crippen LogP contribution >= 0.6 is 11.8 Å². The summed E-state index contributed by atoms with van der Waals surface area (Å²) < 4.78 is 0. The first-order chi connectivity index (χ1) is 11.1. The third-order valence-corrected chi connectivity index (χ3v) is 4.71. The average molecular weight is 334 g/mol. The molecule has 1 aromatic rings. The van der Waals surface area contributed by atoms with Gasteiger partial charge in [0.1, 0.15) is 0 Å². The first kappa shape index (κ1) is 17.5. The minimum absolute atomic E-state index is 0.117. The summed E-state index contributed by atoms with van der Waals surface area (Å²) in [6.45, 7) is 2.85. The van der Waals surface area contributed by atoms with Crippen LogP contribution in [-0.2, 0) is 20.1 Å². The van der Waals surface area contributed by atoms with Crippen LogP contribution in [0.4, 0.5) is 0 Å². The number of hydrogen-bond acceptors (Lipinski definition) is 4. The zero-order valence-electron chi connectivity index (χ0n) is 13.3. The van der Waals surface area contributed by atoms with E-state index in [2.05, 4.69) is 36.5 Å². The number of thioether (sulfide) groups is 1. The van der Waals surface area contributed by atoms with Crippen molar-refractivity contribution in [2.24, 2.45) is 0 Å². The molecule has 124 valence electrons. The van der Waals surface area contributed by atoms with Gasteiger partial charge in [0.05, 0.1) is 0 Å². The van der Waals surface area contributed by atoms with Crippen LogP contribution in [-0.4, -0.2) is 41.5 Å². The summed E-state index contributed by atoms with van der Waals surface area (Å²) in [5.41, 5.74) is 2.53. The van der Waals surface area contributed by atoms with E-state index in [1.807, 2.05) is 0 Å². The first-order valence-electron chi connectivity index (χ1n) is 7.79. The van der Waals surface area contributed by atoms with Crippen LogP contribution in [0.15, 0.2) is 24.3 Å². The maximum atomic E-state index is 11.7. The molecule has 0 aromatic heterocycles. The van der Waals surface area contributed by atoms with Crippen molar-refractivity contribution in [1.82, 2.24) is 10.2 Å². The molecular formula is C17H22N2O3S. The fraction of sp³-hybridized carbons (Fsp3) is 0.471. The van der Waals surface area contributed by atoms with Crippen LogP contribution in [0.1, 0.15) is 30.4 Å². The van der Waals surface area contributed by atoms with Gasteiger partial charge in [-0.05, 0) is 12.5 Å². The van der Waals surface area contributed by atoms with Crippen molar-refractivity contribution in [1.29, 1.82) is 0 Å². The molecule has 1 heterocycles. The molecule has 0 unspecified atom stereocenters. The molecule has 1 fully saturated rings. The number of hydrogen-bond donors (Lipinski definition) is 1. The Balaban J connectivity index is 1.55. The molecule has 3 amide bonds. The van der Waals surface area contributed by atoms with Crippen LogP contribution < -0.4 is 5.32 Å². The Kier molecular flexibility index (Phi) is 6.65. The summed E-state index contributed by atoms with van der Waals surface area (Å²) in [7, 11) is 0. The molecule has 0 spiro atoms. The van der Waals surface area contributed by atoms with E-state index in [0.717, 1.165) is 11.5 Å². The fourth-order valence-corrected chi connectivity index (χ4v) is 3.13. The quantitative estimate of drug-likeness (QED) is 0.582. The summed E-state index contributed by atoms with van der Waals surface area (Å²) >= 11 is 1.77. The standard InChI is InChI=1S/C17H22N2O3S/c1-13-2-4-14(5-3-13)12-23-11-9-18-15(20)8-10-19-16(21)6-7-17(19)22/h2-5H,6-12H2,1H3,(H,18,20). The monoisotopic (exact) mass is 334 g/mol. The van der Waals surface area contributed by atoms with Crippen molar-refractivity contribution in [2.45, 2.75) is 31.9 Å². The predicted molar refractivity (Wildman–Crippen MR) is 90.9 cm³/mol. The predicted octanol–water partition coefficient (Wildman–Crippen LogP) is 1.88. The van der Waals surface area contributed by atoms with Crippen molar-refractivity contribution < 1.29 is 14.4 Å². The van der Waals surface area contributed by atoms with Crippen molar-refractivity contribution >= 4 is 29.5 Å². The molecule has 0 radical (unpaired) electrons. The highest BCUT2D eigenvalue weighted by Gasteiger charge is 2.28. The lowest BCUT2D eigenvalue weighted by atomic mass is 10.2. The molecular weight excluding hydrogens is 312 g/mol. The molecule has 1 N–H and O–H groups in total. The maximum absolute atomic E-state index is 11.7. The number of carbonyl (C=O) groups excluding carboxylic acids is 3. The molecule has 0 aliphatic carbocycles. The zero-order chi connectivity index (χ0) is 16.7. The van der Waals surface area contributed by atoms with E-state index in [1.165, 1.54) is 16.0 Å². The number of nitrogens with zero attached hydrogens (tertiary/aromatic N) is 1. The Bertz CT molecular complexity index is 556. The Morgan fingerprint density at radius 3 is 2.48 bits per heavy atom. The smallest absolute Gasteiger partial charge is 0.229 e. The van der Waals surface area contributed by atoms with Crippen LogP contribution in [0.5, 0.6) is 0 Å². The molecule has 5 nitrogen and oxygen atoms in total. The molecule has 2 rings (SSSR count). The Labute approximate surface area is 140 Å². The lowest BCUT2D eigenvalue weighted by molar-refractivity contribution is -0.138. The SMILES string of the molecule is Cc1ccc(CSCCNC(=O)CCN2C(=O)CCC2=O)cc1. The number of benzene rings is 1. The Morgan fingerprint density at radius 1 is 1.17 bits per heavy atom. The van der Waals surface area contributed by atoms with Gasteiger partial charge in [0.2, 0.25) is 17.7 Å². The number of aryl methyl sites for hydroxylation is 1. The van der Waals surface area contributed by atoms with E-state index < -0.39 is 0 Å². The second-order valence-electron chi connectivity index (χ2n) is 5.58. The van der Waals surface area contributed by atoms with Crippen molar-refractivity contribution in [3.05, 3.63) is 35.4 Å². The second-order valence-corrected chi connectivity index (χ2v) is 6.68. The molecule has 1 saturated heterocycles. The second kappa shape index (κ2) is 8.72. The number of nitrogens with one attached hydrogen (secondary N) is 1. The van der Waals surface area contributed by atoms with Gasteiger partial charge in [-0.1, -0.05) is 29.8 Å². The van der Waals surface area contributed by atoms with Crippen LogP contribution in [0, 0.1) is 6.92 Å². The largest absolute Gasteiger partial charge is 0.355 e. The van der Waals surface area contributed by atoms with Gasteiger partial charge in [-0.2, -0.15) is 11.8 Å². The van der Waals surface area contributed by atoms with E-state index in [0.29, 0.717) is 6.54 Å². The third-order valence-electron chi connectivity index (χ3n) is 3.68. The number of carbonyl (C=O) groups is 3. The Hall–Kier alpha value is -1.82. The lowest BCUT2D eigenvalue weighted by Gasteiger charge is -2.13. The molecule has 0 atom stereocenters.